The largest absolute Gasteiger partial charge is 0.352 e. The van der Waals surface area contributed by atoms with E-state index in [1.165, 1.54) is 19.4 Å². The van der Waals surface area contributed by atoms with E-state index in [1.807, 2.05) is 18.2 Å². The number of rotatable bonds is 3. The van der Waals surface area contributed by atoms with Gasteiger partial charge in [-0.15, -0.1) is 0 Å². The molecule has 20 heavy (non-hydrogen) atoms. The number of hydrogen-bond donors (Lipinski definition) is 2. The molecule has 1 saturated heterocycles. The highest BCUT2D eigenvalue weighted by molar-refractivity contribution is 5.97. The van der Waals surface area contributed by atoms with Gasteiger partial charge < -0.3 is 10.2 Å². The van der Waals surface area contributed by atoms with E-state index < -0.39 is 0 Å². The molecule has 106 valence electrons. The first-order valence-electron chi connectivity index (χ1n) is 7.12. The third-order valence-corrected chi connectivity index (χ3v) is 3.98. The van der Waals surface area contributed by atoms with Crippen molar-refractivity contribution in [3.8, 4) is 0 Å². The maximum atomic E-state index is 12.2. The molecule has 1 fully saturated rings. The molecule has 2 N–H and O–H groups in total. The van der Waals surface area contributed by atoms with Gasteiger partial charge in [-0.05, 0) is 44.5 Å². The van der Waals surface area contributed by atoms with Crippen molar-refractivity contribution in [1.29, 1.82) is 0 Å². The van der Waals surface area contributed by atoms with Crippen molar-refractivity contribution < 1.29 is 4.79 Å². The van der Waals surface area contributed by atoms with Gasteiger partial charge in [0.15, 0.2) is 0 Å². The maximum Gasteiger partial charge on any atom is 0.251 e. The highest BCUT2D eigenvalue weighted by Crippen LogP contribution is 2.15. The van der Waals surface area contributed by atoms with Crippen LogP contribution in [-0.2, 0) is 0 Å². The third-order valence-electron chi connectivity index (χ3n) is 3.98. The Morgan fingerprint density at radius 3 is 3.30 bits per heavy atom. The first-order valence-corrected chi connectivity index (χ1v) is 7.12. The second kappa shape index (κ2) is 5.63. The lowest BCUT2D eigenvalue weighted by Crippen LogP contribution is -2.39. The topological polar surface area (TPSA) is 61.0 Å². The number of hydrogen-bond acceptors (Lipinski definition) is 3. The molecule has 5 heteroatoms. The van der Waals surface area contributed by atoms with Gasteiger partial charge in [0.2, 0.25) is 0 Å². The van der Waals surface area contributed by atoms with Gasteiger partial charge in [0, 0.05) is 24.0 Å². The molecule has 1 aliphatic heterocycles. The van der Waals surface area contributed by atoms with E-state index in [1.54, 1.807) is 6.20 Å². The Bertz CT molecular complexity index is 607. The van der Waals surface area contributed by atoms with Crippen LogP contribution in [0.2, 0.25) is 0 Å². The van der Waals surface area contributed by atoms with Gasteiger partial charge in [0.25, 0.3) is 5.91 Å². The molecule has 0 bridgehead atoms. The van der Waals surface area contributed by atoms with Crippen LogP contribution < -0.4 is 5.32 Å². The van der Waals surface area contributed by atoms with E-state index in [0.717, 1.165) is 24.0 Å². The fraction of sp³-hybridized carbons (Fsp3) is 0.467. The molecular formula is C15H20N4O. The fourth-order valence-corrected chi connectivity index (χ4v) is 2.86. The van der Waals surface area contributed by atoms with Crippen LogP contribution in [0, 0.1) is 5.92 Å². The highest BCUT2D eigenvalue weighted by atomic mass is 16.1. The van der Waals surface area contributed by atoms with Crippen LogP contribution in [0.3, 0.4) is 0 Å². The van der Waals surface area contributed by atoms with E-state index in [2.05, 4.69) is 27.5 Å². The molecule has 0 radical (unpaired) electrons. The first kappa shape index (κ1) is 13.1. The average Bonchev–Trinajstić information content (AvgIpc) is 2.92. The van der Waals surface area contributed by atoms with Gasteiger partial charge in [-0.25, -0.2) is 0 Å². The number of benzene rings is 1. The zero-order valence-electron chi connectivity index (χ0n) is 11.7. The second-order valence-electron chi connectivity index (χ2n) is 5.65. The monoisotopic (exact) mass is 272 g/mol. The molecule has 1 unspecified atom stereocenters. The summed E-state index contributed by atoms with van der Waals surface area (Å²) >= 11 is 0. The maximum absolute atomic E-state index is 12.2. The molecule has 2 aromatic rings. The van der Waals surface area contributed by atoms with Crippen LogP contribution in [0.25, 0.3) is 10.9 Å². The number of amides is 1. The number of carbonyl (C=O) groups excluding carboxylic acids is 1. The molecule has 1 aromatic heterocycles. The smallest absolute Gasteiger partial charge is 0.251 e. The standard InChI is InChI=1S/C15H20N4O/c1-19-6-2-3-11(10-19)8-16-15(20)12-4-5-13-9-17-18-14(13)7-12/h4-5,7,9,11H,2-3,6,8,10H2,1H3,(H,16,20)(H,17,18). The summed E-state index contributed by atoms with van der Waals surface area (Å²) in [5.74, 6) is 0.559. The van der Waals surface area contributed by atoms with Gasteiger partial charge in [0.1, 0.15) is 0 Å². The van der Waals surface area contributed by atoms with Crippen molar-refractivity contribution in [1.82, 2.24) is 20.4 Å². The third kappa shape index (κ3) is 2.82. The molecule has 1 amide bonds. The molecule has 2 heterocycles. The molecule has 0 aliphatic carbocycles. The summed E-state index contributed by atoms with van der Waals surface area (Å²) in [7, 11) is 2.14. The number of fused-ring (bicyclic) bond motifs is 1. The number of aromatic nitrogens is 2. The van der Waals surface area contributed by atoms with Gasteiger partial charge >= 0.3 is 0 Å². The Balaban J connectivity index is 1.60. The summed E-state index contributed by atoms with van der Waals surface area (Å²) in [5, 5.41) is 10.9. The summed E-state index contributed by atoms with van der Waals surface area (Å²) < 4.78 is 0. The zero-order valence-corrected chi connectivity index (χ0v) is 11.7. The molecule has 1 aromatic carbocycles. The molecule has 0 spiro atoms. The quantitative estimate of drug-likeness (QED) is 0.893. The van der Waals surface area contributed by atoms with E-state index in [0.29, 0.717) is 11.5 Å². The molecule has 1 aliphatic rings. The normalized spacial score (nSPS) is 20.1. The number of likely N-dealkylation sites (tertiary alicyclic amines) is 1. The summed E-state index contributed by atoms with van der Waals surface area (Å²) in [4.78, 5) is 14.5. The van der Waals surface area contributed by atoms with Gasteiger partial charge in [-0.3, -0.25) is 9.89 Å². The zero-order chi connectivity index (χ0) is 13.9. The summed E-state index contributed by atoms with van der Waals surface area (Å²) in [6.45, 7) is 2.99. The summed E-state index contributed by atoms with van der Waals surface area (Å²) in [6, 6.07) is 5.62. The Kier molecular flexibility index (Phi) is 3.69. The molecule has 0 saturated carbocycles. The Hall–Kier alpha value is -1.88. The number of nitrogens with zero attached hydrogens (tertiary/aromatic N) is 2. The van der Waals surface area contributed by atoms with Gasteiger partial charge in [0.05, 0.1) is 11.7 Å². The SMILES string of the molecule is CN1CCCC(CNC(=O)c2ccc3cn[nH]c3c2)C1. The molecule has 5 nitrogen and oxygen atoms in total. The van der Waals surface area contributed by atoms with Crippen molar-refractivity contribution in [2.45, 2.75) is 12.8 Å². The molecule has 3 rings (SSSR count). The fourth-order valence-electron chi connectivity index (χ4n) is 2.86. The first-order chi connectivity index (χ1) is 9.72. The van der Waals surface area contributed by atoms with E-state index in [9.17, 15) is 4.79 Å². The second-order valence-corrected chi connectivity index (χ2v) is 5.65. The predicted octanol–water partition coefficient (Wildman–Crippen LogP) is 1.63. The van der Waals surface area contributed by atoms with Crippen LogP contribution in [-0.4, -0.2) is 47.7 Å². The minimum Gasteiger partial charge on any atom is -0.352 e. The van der Waals surface area contributed by atoms with E-state index in [-0.39, 0.29) is 5.91 Å². The van der Waals surface area contributed by atoms with Crippen LogP contribution in [0.5, 0.6) is 0 Å². The summed E-state index contributed by atoms with van der Waals surface area (Å²) in [6.07, 6.45) is 4.18. The van der Waals surface area contributed by atoms with Crippen LogP contribution in [0.1, 0.15) is 23.2 Å². The number of nitrogens with one attached hydrogen (secondary N) is 2. The van der Waals surface area contributed by atoms with Crippen molar-refractivity contribution >= 4 is 16.8 Å². The van der Waals surface area contributed by atoms with Crippen molar-refractivity contribution in [3.63, 3.8) is 0 Å². The Morgan fingerprint density at radius 2 is 2.45 bits per heavy atom. The molecule has 1 atom stereocenters. The lowest BCUT2D eigenvalue weighted by molar-refractivity contribution is 0.0937. The average molecular weight is 272 g/mol. The lowest BCUT2D eigenvalue weighted by atomic mass is 9.98. The minimum atomic E-state index is -0.00488. The summed E-state index contributed by atoms with van der Waals surface area (Å²) in [5.41, 5.74) is 1.58. The molecular weight excluding hydrogens is 252 g/mol. The van der Waals surface area contributed by atoms with Crippen molar-refractivity contribution in [2.75, 3.05) is 26.7 Å². The highest BCUT2D eigenvalue weighted by Gasteiger charge is 2.18. The van der Waals surface area contributed by atoms with Crippen molar-refractivity contribution in [3.05, 3.63) is 30.0 Å². The Labute approximate surface area is 118 Å². The van der Waals surface area contributed by atoms with Crippen LogP contribution in [0.15, 0.2) is 24.4 Å². The van der Waals surface area contributed by atoms with Crippen LogP contribution in [0.4, 0.5) is 0 Å². The number of aromatic amines is 1. The predicted molar refractivity (Wildman–Crippen MR) is 78.6 cm³/mol. The number of H-pyrrole nitrogens is 1. The van der Waals surface area contributed by atoms with Crippen molar-refractivity contribution in [2.24, 2.45) is 5.92 Å². The van der Waals surface area contributed by atoms with Gasteiger partial charge in [-0.2, -0.15) is 5.10 Å². The number of carbonyl (C=O) groups is 1. The van der Waals surface area contributed by atoms with E-state index in [4.69, 9.17) is 0 Å². The Morgan fingerprint density at radius 1 is 1.55 bits per heavy atom. The lowest BCUT2D eigenvalue weighted by Gasteiger charge is -2.29. The van der Waals surface area contributed by atoms with Gasteiger partial charge in [-0.1, -0.05) is 6.07 Å². The van der Waals surface area contributed by atoms with Crippen LogP contribution >= 0.6 is 0 Å². The minimum absolute atomic E-state index is 0.00488. The number of piperidine rings is 1. The van der Waals surface area contributed by atoms with E-state index >= 15 is 0 Å².